The van der Waals surface area contributed by atoms with Gasteiger partial charge in [-0.3, -0.25) is 4.79 Å². The summed E-state index contributed by atoms with van der Waals surface area (Å²) in [6.45, 7) is 2.34. The molecule has 0 aliphatic rings. The molecule has 0 aromatic heterocycles. The summed E-state index contributed by atoms with van der Waals surface area (Å²) in [5.74, 6) is 0.532. The average molecular weight is 466 g/mol. The Hall–Kier alpha value is -3.47. The van der Waals surface area contributed by atoms with E-state index in [9.17, 15) is 18.0 Å². The van der Waals surface area contributed by atoms with Crippen LogP contribution in [0.5, 0.6) is 17.2 Å². The molecular formula is C21H27N3O7S. The van der Waals surface area contributed by atoms with Crippen molar-refractivity contribution in [3.63, 3.8) is 0 Å². The molecule has 11 heteroatoms. The summed E-state index contributed by atoms with van der Waals surface area (Å²) >= 11 is 0. The third-order valence-electron chi connectivity index (χ3n) is 4.39. The van der Waals surface area contributed by atoms with E-state index in [-0.39, 0.29) is 10.5 Å². The van der Waals surface area contributed by atoms with E-state index < -0.39 is 22.0 Å². The Balaban J connectivity index is 2.12. The number of urea groups is 1. The lowest BCUT2D eigenvalue weighted by atomic mass is 10.1. The summed E-state index contributed by atoms with van der Waals surface area (Å²) in [6, 6.07) is 7.60. The highest BCUT2D eigenvalue weighted by Crippen LogP contribution is 2.38. The summed E-state index contributed by atoms with van der Waals surface area (Å²) in [4.78, 5) is 24.3. The van der Waals surface area contributed by atoms with E-state index >= 15 is 0 Å². The first kappa shape index (κ1) is 24.8. The van der Waals surface area contributed by atoms with Crippen molar-refractivity contribution in [2.24, 2.45) is 0 Å². The molecule has 0 bridgehead atoms. The number of methoxy groups -OCH3 is 3. The fraction of sp³-hybridized carbons (Fsp3) is 0.333. The molecule has 0 spiro atoms. The maximum absolute atomic E-state index is 12.7. The minimum Gasteiger partial charge on any atom is -0.493 e. The Morgan fingerprint density at radius 2 is 1.53 bits per heavy atom. The molecule has 0 unspecified atom stereocenters. The normalized spacial score (nSPS) is 10.8. The standard InChI is InChI=1S/C21H27N3O7S/c1-5-6-11-22-21(26)24-32(27,28)16-9-7-15(8-10-16)23-20(25)14-12-17(29-2)19(31-4)18(13-14)30-3/h7-10,12-13H,5-6,11H2,1-4H3,(H,23,25)(H2,22,24,26). The van der Waals surface area contributed by atoms with E-state index in [0.717, 1.165) is 12.8 Å². The van der Waals surface area contributed by atoms with Crippen LogP contribution in [0.4, 0.5) is 10.5 Å². The number of benzene rings is 2. The summed E-state index contributed by atoms with van der Waals surface area (Å²) in [7, 11) is 0.298. The van der Waals surface area contributed by atoms with E-state index in [4.69, 9.17) is 14.2 Å². The molecule has 0 aliphatic carbocycles. The van der Waals surface area contributed by atoms with Gasteiger partial charge in [0, 0.05) is 17.8 Å². The molecular weight excluding hydrogens is 438 g/mol. The van der Waals surface area contributed by atoms with Crippen LogP contribution in [-0.2, 0) is 10.0 Å². The van der Waals surface area contributed by atoms with Gasteiger partial charge >= 0.3 is 6.03 Å². The van der Waals surface area contributed by atoms with Gasteiger partial charge < -0.3 is 24.8 Å². The minimum atomic E-state index is -4.04. The number of rotatable bonds is 10. The molecule has 0 fully saturated rings. The highest BCUT2D eigenvalue weighted by molar-refractivity contribution is 7.90. The molecule has 0 saturated heterocycles. The molecule has 2 aromatic rings. The van der Waals surface area contributed by atoms with Crippen LogP contribution in [0.15, 0.2) is 41.3 Å². The second kappa shape index (κ2) is 11.2. The average Bonchev–Trinajstić information content (AvgIpc) is 2.78. The van der Waals surface area contributed by atoms with Crippen LogP contribution in [0.2, 0.25) is 0 Å². The maximum atomic E-state index is 12.7. The molecule has 32 heavy (non-hydrogen) atoms. The molecule has 2 aromatic carbocycles. The number of ether oxygens (including phenoxy) is 3. The lowest BCUT2D eigenvalue weighted by molar-refractivity contribution is 0.102. The van der Waals surface area contributed by atoms with E-state index in [2.05, 4.69) is 10.6 Å². The monoisotopic (exact) mass is 465 g/mol. The zero-order chi connectivity index (χ0) is 23.7. The van der Waals surface area contributed by atoms with Crippen LogP contribution in [-0.4, -0.2) is 48.2 Å². The minimum absolute atomic E-state index is 0.117. The topological polar surface area (TPSA) is 132 Å². The fourth-order valence-corrected chi connectivity index (χ4v) is 3.66. The van der Waals surface area contributed by atoms with Crippen LogP contribution in [0, 0.1) is 0 Å². The molecule has 0 radical (unpaired) electrons. The number of hydrogen-bond donors (Lipinski definition) is 3. The Labute approximate surface area is 187 Å². The van der Waals surface area contributed by atoms with Crippen molar-refractivity contribution in [3.05, 3.63) is 42.0 Å². The van der Waals surface area contributed by atoms with Gasteiger partial charge in [0.1, 0.15) is 0 Å². The zero-order valence-corrected chi connectivity index (χ0v) is 19.2. The number of unbranched alkanes of at least 4 members (excludes halogenated alkanes) is 1. The van der Waals surface area contributed by atoms with Gasteiger partial charge in [-0.2, -0.15) is 0 Å². The van der Waals surface area contributed by atoms with Crippen molar-refractivity contribution in [1.29, 1.82) is 0 Å². The fourth-order valence-electron chi connectivity index (χ4n) is 2.73. The van der Waals surface area contributed by atoms with Gasteiger partial charge in [-0.05, 0) is 42.8 Å². The number of nitrogens with one attached hydrogen (secondary N) is 3. The molecule has 174 valence electrons. The molecule has 0 saturated carbocycles. The largest absolute Gasteiger partial charge is 0.493 e. The lowest BCUT2D eigenvalue weighted by Gasteiger charge is -2.14. The van der Waals surface area contributed by atoms with Gasteiger partial charge in [-0.1, -0.05) is 13.3 Å². The van der Waals surface area contributed by atoms with Crippen LogP contribution < -0.4 is 29.6 Å². The lowest BCUT2D eigenvalue weighted by Crippen LogP contribution is -2.39. The molecule has 3 amide bonds. The van der Waals surface area contributed by atoms with E-state index in [0.29, 0.717) is 29.5 Å². The number of amides is 3. The Bertz CT molecular complexity index is 1030. The maximum Gasteiger partial charge on any atom is 0.328 e. The van der Waals surface area contributed by atoms with Crippen LogP contribution >= 0.6 is 0 Å². The van der Waals surface area contributed by atoms with Gasteiger partial charge in [0.2, 0.25) is 5.75 Å². The summed E-state index contributed by atoms with van der Waals surface area (Å²) in [6.07, 6.45) is 1.62. The van der Waals surface area contributed by atoms with Crippen molar-refractivity contribution in [2.45, 2.75) is 24.7 Å². The highest BCUT2D eigenvalue weighted by atomic mass is 32.2. The summed E-state index contributed by atoms with van der Waals surface area (Å²) in [5.41, 5.74) is 0.608. The first-order chi connectivity index (χ1) is 15.2. The van der Waals surface area contributed by atoms with Crippen LogP contribution in [0.25, 0.3) is 0 Å². The first-order valence-electron chi connectivity index (χ1n) is 9.77. The Kier molecular flexibility index (Phi) is 8.71. The quantitative estimate of drug-likeness (QED) is 0.460. The van der Waals surface area contributed by atoms with E-state index in [1.54, 1.807) is 0 Å². The molecule has 3 N–H and O–H groups in total. The zero-order valence-electron chi connectivity index (χ0n) is 18.4. The van der Waals surface area contributed by atoms with E-state index in [1.807, 2.05) is 11.6 Å². The second-order valence-electron chi connectivity index (χ2n) is 6.61. The third-order valence-corrected chi connectivity index (χ3v) is 5.74. The molecule has 0 heterocycles. The summed E-state index contributed by atoms with van der Waals surface area (Å²) < 4.78 is 42.3. The van der Waals surface area contributed by atoms with Crippen LogP contribution in [0.3, 0.4) is 0 Å². The smallest absolute Gasteiger partial charge is 0.328 e. The van der Waals surface area contributed by atoms with Gasteiger partial charge in [0.05, 0.1) is 26.2 Å². The van der Waals surface area contributed by atoms with Crippen molar-refractivity contribution in [2.75, 3.05) is 33.2 Å². The Morgan fingerprint density at radius 1 is 0.938 bits per heavy atom. The molecule has 10 nitrogen and oxygen atoms in total. The van der Waals surface area contributed by atoms with Crippen LogP contribution in [0.1, 0.15) is 30.1 Å². The SMILES string of the molecule is CCCCNC(=O)NS(=O)(=O)c1ccc(NC(=O)c2cc(OC)c(OC)c(OC)c2)cc1. The van der Waals surface area contributed by atoms with Crippen molar-refractivity contribution in [1.82, 2.24) is 10.0 Å². The van der Waals surface area contributed by atoms with E-state index in [1.165, 1.54) is 57.7 Å². The number of carbonyl (C=O) groups is 2. The van der Waals surface area contributed by atoms with Crippen molar-refractivity contribution in [3.8, 4) is 17.2 Å². The first-order valence-corrected chi connectivity index (χ1v) is 11.3. The van der Waals surface area contributed by atoms with Gasteiger partial charge in [0.15, 0.2) is 11.5 Å². The Morgan fingerprint density at radius 3 is 2.03 bits per heavy atom. The number of hydrogen-bond acceptors (Lipinski definition) is 7. The molecule has 2 rings (SSSR count). The third kappa shape index (κ3) is 6.27. The highest BCUT2D eigenvalue weighted by Gasteiger charge is 2.19. The van der Waals surface area contributed by atoms with Gasteiger partial charge in [0.25, 0.3) is 15.9 Å². The number of sulfonamides is 1. The molecule has 0 atom stereocenters. The number of anilines is 1. The number of carbonyl (C=O) groups excluding carboxylic acids is 2. The van der Waals surface area contributed by atoms with Crippen molar-refractivity contribution < 1.29 is 32.2 Å². The van der Waals surface area contributed by atoms with Crippen molar-refractivity contribution >= 4 is 27.6 Å². The predicted octanol–water partition coefficient (Wildman–Crippen LogP) is 2.75. The predicted molar refractivity (Wildman–Crippen MR) is 119 cm³/mol. The van der Waals surface area contributed by atoms with Gasteiger partial charge in [-0.15, -0.1) is 0 Å². The second-order valence-corrected chi connectivity index (χ2v) is 8.29. The molecule has 0 aliphatic heterocycles. The van der Waals surface area contributed by atoms with Gasteiger partial charge in [-0.25, -0.2) is 17.9 Å². The summed E-state index contributed by atoms with van der Waals surface area (Å²) in [5, 5.41) is 5.14.